The number of hydrogen-bond donors (Lipinski definition) is 0. The van der Waals surface area contributed by atoms with Crippen molar-refractivity contribution in [3.63, 3.8) is 0 Å². The van der Waals surface area contributed by atoms with E-state index < -0.39 is 4.92 Å². The van der Waals surface area contributed by atoms with Gasteiger partial charge in [0, 0.05) is 5.39 Å². The number of rotatable bonds is 2. The van der Waals surface area contributed by atoms with Crippen LogP contribution in [0.3, 0.4) is 0 Å². The van der Waals surface area contributed by atoms with Crippen LogP contribution < -0.4 is 0 Å². The number of fused-ring (bicyclic) bond motifs is 1. The molecule has 0 N–H and O–H groups in total. The lowest BCUT2D eigenvalue weighted by molar-refractivity contribution is -0.384. The summed E-state index contributed by atoms with van der Waals surface area (Å²) in [5, 5.41) is 11.7. The predicted molar refractivity (Wildman–Crippen MR) is 73.6 cm³/mol. The first-order valence-electron chi connectivity index (χ1n) is 5.71. The van der Waals surface area contributed by atoms with E-state index in [4.69, 9.17) is 16.0 Å². The van der Waals surface area contributed by atoms with Crippen LogP contribution in [0, 0.1) is 17.0 Å². The summed E-state index contributed by atoms with van der Waals surface area (Å²) in [6, 6.07) is 7.34. The average Bonchev–Trinajstić information content (AvgIpc) is 2.80. The van der Waals surface area contributed by atoms with Crippen molar-refractivity contribution in [2.45, 2.75) is 6.92 Å². The zero-order chi connectivity index (χ0) is 14.3. The monoisotopic (exact) mass is 289 g/mol. The van der Waals surface area contributed by atoms with Gasteiger partial charge in [-0.1, -0.05) is 23.2 Å². The second kappa shape index (κ2) is 4.57. The number of aromatic nitrogens is 2. The number of nitro groups is 1. The summed E-state index contributed by atoms with van der Waals surface area (Å²) in [5.41, 5.74) is 1.42. The first-order valence-corrected chi connectivity index (χ1v) is 6.09. The molecule has 6 nitrogen and oxygen atoms in total. The Labute approximate surface area is 118 Å². The number of aryl methyl sites for hydroxylation is 1. The van der Waals surface area contributed by atoms with Gasteiger partial charge in [-0.3, -0.25) is 10.1 Å². The molecule has 0 saturated carbocycles. The van der Waals surface area contributed by atoms with Crippen LogP contribution in [-0.4, -0.2) is 14.9 Å². The van der Waals surface area contributed by atoms with E-state index in [1.54, 1.807) is 6.07 Å². The molecule has 0 radical (unpaired) electrons. The first kappa shape index (κ1) is 12.6. The van der Waals surface area contributed by atoms with Crippen LogP contribution in [0.1, 0.15) is 5.56 Å². The fourth-order valence-electron chi connectivity index (χ4n) is 1.98. The number of furan rings is 1. The van der Waals surface area contributed by atoms with Gasteiger partial charge in [0.1, 0.15) is 11.9 Å². The highest BCUT2D eigenvalue weighted by Crippen LogP contribution is 2.35. The van der Waals surface area contributed by atoms with Gasteiger partial charge in [-0.25, -0.2) is 9.97 Å². The molecule has 100 valence electrons. The maximum absolute atomic E-state index is 11.1. The Kier molecular flexibility index (Phi) is 2.87. The van der Waals surface area contributed by atoms with Gasteiger partial charge in [0.05, 0.1) is 4.92 Å². The van der Waals surface area contributed by atoms with E-state index in [1.807, 2.05) is 25.1 Å². The highest BCUT2D eigenvalue weighted by Gasteiger charge is 2.25. The summed E-state index contributed by atoms with van der Waals surface area (Å²) in [5.74, 6) is 0.293. The van der Waals surface area contributed by atoms with Crippen LogP contribution in [0.25, 0.3) is 22.4 Å². The Hall–Kier alpha value is -2.47. The van der Waals surface area contributed by atoms with Crippen molar-refractivity contribution in [1.82, 2.24) is 9.97 Å². The highest BCUT2D eigenvalue weighted by molar-refractivity contribution is 6.31. The predicted octanol–water partition coefficient (Wildman–Crippen LogP) is 3.76. The van der Waals surface area contributed by atoms with Crippen molar-refractivity contribution in [2.75, 3.05) is 0 Å². The molecule has 0 fully saturated rings. The molecule has 0 unspecified atom stereocenters. The fraction of sp³-hybridized carbons (Fsp3) is 0.0769. The van der Waals surface area contributed by atoms with Crippen LogP contribution in [0.15, 0.2) is 35.0 Å². The number of halogens is 1. The van der Waals surface area contributed by atoms with Crippen LogP contribution in [0.2, 0.25) is 5.15 Å². The summed E-state index contributed by atoms with van der Waals surface area (Å²) in [4.78, 5) is 18.0. The third-order valence-electron chi connectivity index (χ3n) is 2.87. The average molecular weight is 290 g/mol. The third-order valence-corrected chi connectivity index (χ3v) is 3.14. The van der Waals surface area contributed by atoms with Crippen molar-refractivity contribution < 1.29 is 9.34 Å². The molecule has 0 spiro atoms. The molecule has 2 heterocycles. The van der Waals surface area contributed by atoms with Gasteiger partial charge in [-0.15, -0.1) is 0 Å². The van der Waals surface area contributed by atoms with Crippen LogP contribution in [0.4, 0.5) is 5.69 Å². The minimum Gasteiger partial charge on any atom is -0.454 e. The lowest BCUT2D eigenvalue weighted by atomic mass is 10.2. The SMILES string of the molecule is Cc1ccc2oc(-c3ncnc(Cl)c3[N+](=O)[O-])cc2c1. The lowest BCUT2D eigenvalue weighted by Crippen LogP contribution is -1.96. The summed E-state index contributed by atoms with van der Waals surface area (Å²) in [6.45, 7) is 1.95. The molecule has 20 heavy (non-hydrogen) atoms. The van der Waals surface area contributed by atoms with E-state index in [-0.39, 0.29) is 16.5 Å². The Bertz CT molecular complexity index is 829. The molecule has 3 rings (SSSR count). The Balaban J connectivity index is 2.25. The van der Waals surface area contributed by atoms with E-state index in [0.717, 1.165) is 10.9 Å². The van der Waals surface area contributed by atoms with Gasteiger partial charge < -0.3 is 4.42 Å². The Morgan fingerprint density at radius 2 is 2.10 bits per heavy atom. The molecule has 1 aromatic carbocycles. The topological polar surface area (TPSA) is 82.1 Å². The Morgan fingerprint density at radius 3 is 2.85 bits per heavy atom. The number of hydrogen-bond acceptors (Lipinski definition) is 5. The minimum atomic E-state index is -0.615. The normalized spacial score (nSPS) is 10.9. The standard InChI is InChI=1S/C13H8ClN3O3/c1-7-2-3-9-8(4-7)5-10(20-9)11-12(17(18)19)13(14)16-6-15-11/h2-6H,1H3. The molecular formula is C13H8ClN3O3. The molecule has 2 aromatic heterocycles. The Morgan fingerprint density at radius 1 is 1.30 bits per heavy atom. The second-order valence-corrected chi connectivity index (χ2v) is 4.63. The largest absolute Gasteiger partial charge is 0.454 e. The first-order chi connectivity index (χ1) is 9.56. The van der Waals surface area contributed by atoms with Crippen molar-refractivity contribution in [3.05, 3.63) is 51.4 Å². The van der Waals surface area contributed by atoms with Gasteiger partial charge in [0.2, 0.25) is 5.15 Å². The van der Waals surface area contributed by atoms with E-state index in [0.29, 0.717) is 11.3 Å². The molecule has 0 bridgehead atoms. The van der Waals surface area contributed by atoms with Crippen LogP contribution in [-0.2, 0) is 0 Å². The van der Waals surface area contributed by atoms with Crippen LogP contribution in [0.5, 0.6) is 0 Å². The molecule has 0 aliphatic rings. The maximum atomic E-state index is 11.1. The highest BCUT2D eigenvalue weighted by atomic mass is 35.5. The smallest absolute Gasteiger partial charge is 0.335 e. The summed E-state index contributed by atoms with van der Waals surface area (Å²) < 4.78 is 5.60. The minimum absolute atomic E-state index is 0.0730. The number of nitrogens with zero attached hydrogens (tertiary/aromatic N) is 3. The van der Waals surface area contributed by atoms with Crippen molar-refractivity contribution in [1.29, 1.82) is 0 Å². The van der Waals surface area contributed by atoms with Gasteiger partial charge in [-0.2, -0.15) is 0 Å². The number of benzene rings is 1. The summed E-state index contributed by atoms with van der Waals surface area (Å²) in [7, 11) is 0. The van der Waals surface area contributed by atoms with Gasteiger partial charge in [-0.05, 0) is 25.1 Å². The molecule has 0 amide bonds. The molecule has 0 saturated heterocycles. The zero-order valence-electron chi connectivity index (χ0n) is 10.3. The summed E-state index contributed by atoms with van der Waals surface area (Å²) in [6.07, 6.45) is 1.17. The molecule has 7 heteroatoms. The summed E-state index contributed by atoms with van der Waals surface area (Å²) >= 11 is 5.76. The maximum Gasteiger partial charge on any atom is 0.335 e. The van der Waals surface area contributed by atoms with Crippen LogP contribution >= 0.6 is 11.6 Å². The zero-order valence-corrected chi connectivity index (χ0v) is 11.1. The van der Waals surface area contributed by atoms with E-state index in [1.165, 1.54) is 6.33 Å². The van der Waals surface area contributed by atoms with E-state index >= 15 is 0 Å². The van der Waals surface area contributed by atoms with E-state index in [2.05, 4.69) is 9.97 Å². The molecule has 3 aromatic rings. The van der Waals surface area contributed by atoms with Crippen molar-refractivity contribution in [3.8, 4) is 11.5 Å². The molecule has 0 aliphatic heterocycles. The lowest BCUT2D eigenvalue weighted by Gasteiger charge is -1.98. The fourth-order valence-corrected chi connectivity index (χ4v) is 2.18. The second-order valence-electron chi connectivity index (χ2n) is 4.27. The van der Waals surface area contributed by atoms with Gasteiger partial charge >= 0.3 is 5.69 Å². The van der Waals surface area contributed by atoms with Gasteiger partial charge in [0.15, 0.2) is 11.5 Å². The van der Waals surface area contributed by atoms with Crippen molar-refractivity contribution in [2.24, 2.45) is 0 Å². The quantitative estimate of drug-likeness (QED) is 0.407. The molecular weight excluding hydrogens is 282 g/mol. The van der Waals surface area contributed by atoms with Crippen molar-refractivity contribution >= 4 is 28.3 Å². The van der Waals surface area contributed by atoms with Gasteiger partial charge in [0.25, 0.3) is 0 Å². The van der Waals surface area contributed by atoms with E-state index in [9.17, 15) is 10.1 Å². The molecule has 0 atom stereocenters. The third kappa shape index (κ3) is 2.00. The molecule has 0 aliphatic carbocycles.